The lowest BCUT2D eigenvalue weighted by Gasteiger charge is -2.37. The van der Waals surface area contributed by atoms with Crippen LogP contribution in [0.1, 0.15) is 30.4 Å². The van der Waals surface area contributed by atoms with E-state index in [1.54, 1.807) is 0 Å². The highest BCUT2D eigenvalue weighted by Crippen LogP contribution is 2.30. The smallest absolute Gasteiger partial charge is 0.240 e. The number of nitrogens with zero attached hydrogens (tertiary/aromatic N) is 1. The first-order valence-corrected chi connectivity index (χ1v) is 6.23. The Balaban J connectivity index is 2.39. The van der Waals surface area contributed by atoms with E-state index in [0.717, 1.165) is 25.8 Å². The highest BCUT2D eigenvalue weighted by atomic mass is 16.1. The monoisotopic (exact) mass is 232 g/mol. The summed E-state index contributed by atoms with van der Waals surface area (Å²) < 4.78 is 0. The van der Waals surface area contributed by atoms with Crippen LogP contribution in [0.2, 0.25) is 0 Å². The Morgan fingerprint density at radius 3 is 2.53 bits per heavy atom. The first-order valence-electron chi connectivity index (χ1n) is 6.23. The first kappa shape index (κ1) is 12.0. The molecular formula is C14H20N2O. The molecule has 1 aromatic carbocycles. The highest BCUT2D eigenvalue weighted by molar-refractivity contribution is 5.84. The number of rotatable bonds is 2. The molecule has 0 saturated carbocycles. The zero-order valence-corrected chi connectivity index (χ0v) is 10.6. The summed E-state index contributed by atoms with van der Waals surface area (Å²) in [4.78, 5) is 13.7. The van der Waals surface area contributed by atoms with Gasteiger partial charge in [0.05, 0.1) is 0 Å². The number of benzene rings is 1. The van der Waals surface area contributed by atoms with E-state index in [0.29, 0.717) is 0 Å². The normalized spacial score (nSPS) is 20.4. The average Bonchev–Trinajstić information content (AvgIpc) is 2.29. The second kappa shape index (κ2) is 4.78. The van der Waals surface area contributed by atoms with E-state index in [1.807, 2.05) is 0 Å². The van der Waals surface area contributed by atoms with Crippen molar-refractivity contribution in [2.45, 2.75) is 39.2 Å². The predicted octanol–water partition coefficient (Wildman–Crippen LogP) is 2.15. The SMILES string of the molecule is Cc1cccc(C)c1N1CCCC[C@@H]1C(N)=O. The van der Waals surface area contributed by atoms with Crippen LogP contribution in [0.4, 0.5) is 5.69 Å². The Morgan fingerprint density at radius 2 is 1.94 bits per heavy atom. The lowest BCUT2D eigenvalue weighted by atomic mass is 9.98. The fraction of sp³-hybridized carbons (Fsp3) is 0.500. The van der Waals surface area contributed by atoms with Crippen LogP contribution in [0, 0.1) is 13.8 Å². The molecule has 1 fully saturated rings. The summed E-state index contributed by atoms with van der Waals surface area (Å²) in [7, 11) is 0. The molecule has 92 valence electrons. The number of piperidine rings is 1. The molecule has 1 aliphatic rings. The molecule has 1 saturated heterocycles. The maximum atomic E-state index is 11.5. The van der Waals surface area contributed by atoms with E-state index < -0.39 is 0 Å². The molecule has 0 radical (unpaired) electrons. The van der Waals surface area contributed by atoms with Gasteiger partial charge in [0.1, 0.15) is 6.04 Å². The zero-order chi connectivity index (χ0) is 12.4. The number of nitrogens with two attached hydrogens (primary N) is 1. The standard InChI is InChI=1S/C14H20N2O/c1-10-6-5-7-11(2)13(10)16-9-4-3-8-12(16)14(15)17/h5-7,12H,3-4,8-9H2,1-2H3,(H2,15,17)/t12-/m1/s1. The van der Waals surface area contributed by atoms with Crippen LogP contribution < -0.4 is 10.6 Å². The molecule has 17 heavy (non-hydrogen) atoms. The van der Waals surface area contributed by atoms with Gasteiger partial charge in [0.25, 0.3) is 0 Å². The van der Waals surface area contributed by atoms with Crippen molar-refractivity contribution in [3.8, 4) is 0 Å². The van der Waals surface area contributed by atoms with Crippen LogP contribution in [-0.2, 0) is 4.79 Å². The van der Waals surface area contributed by atoms with Crippen LogP contribution >= 0.6 is 0 Å². The number of hydrogen-bond donors (Lipinski definition) is 1. The van der Waals surface area contributed by atoms with Crippen molar-refractivity contribution in [2.24, 2.45) is 5.73 Å². The third-order valence-corrected chi connectivity index (χ3v) is 3.56. The predicted molar refractivity (Wildman–Crippen MR) is 70.1 cm³/mol. The van der Waals surface area contributed by atoms with Gasteiger partial charge in [-0.25, -0.2) is 0 Å². The average molecular weight is 232 g/mol. The molecule has 0 spiro atoms. The number of carbonyl (C=O) groups is 1. The summed E-state index contributed by atoms with van der Waals surface area (Å²) in [5.41, 5.74) is 9.15. The molecule has 1 aliphatic heterocycles. The number of hydrogen-bond acceptors (Lipinski definition) is 2. The number of aryl methyl sites for hydroxylation is 2. The zero-order valence-electron chi connectivity index (χ0n) is 10.6. The van der Waals surface area contributed by atoms with Gasteiger partial charge in [-0.15, -0.1) is 0 Å². The lowest BCUT2D eigenvalue weighted by molar-refractivity contribution is -0.119. The Morgan fingerprint density at radius 1 is 1.29 bits per heavy atom. The van der Waals surface area contributed by atoms with Gasteiger partial charge < -0.3 is 10.6 Å². The van der Waals surface area contributed by atoms with Crippen LogP contribution in [-0.4, -0.2) is 18.5 Å². The summed E-state index contributed by atoms with van der Waals surface area (Å²) in [5.74, 6) is -0.202. The lowest BCUT2D eigenvalue weighted by Crippen LogP contribution is -2.48. The minimum absolute atomic E-state index is 0.136. The van der Waals surface area contributed by atoms with Gasteiger partial charge in [-0.2, -0.15) is 0 Å². The van der Waals surface area contributed by atoms with Crippen molar-refractivity contribution in [2.75, 3.05) is 11.4 Å². The molecule has 0 bridgehead atoms. The van der Waals surface area contributed by atoms with Crippen molar-refractivity contribution in [1.82, 2.24) is 0 Å². The Bertz CT molecular complexity index is 408. The molecule has 0 unspecified atom stereocenters. The Hall–Kier alpha value is -1.51. The first-order chi connectivity index (χ1) is 8.11. The van der Waals surface area contributed by atoms with Crippen molar-refractivity contribution in [3.63, 3.8) is 0 Å². The Kier molecular flexibility index (Phi) is 3.36. The van der Waals surface area contributed by atoms with Crippen LogP contribution in [0.3, 0.4) is 0 Å². The molecular weight excluding hydrogens is 212 g/mol. The van der Waals surface area contributed by atoms with E-state index in [1.165, 1.54) is 16.8 Å². The van der Waals surface area contributed by atoms with E-state index >= 15 is 0 Å². The molecule has 3 nitrogen and oxygen atoms in total. The van der Waals surface area contributed by atoms with Gasteiger partial charge in [0, 0.05) is 12.2 Å². The maximum Gasteiger partial charge on any atom is 0.240 e. The van der Waals surface area contributed by atoms with Crippen molar-refractivity contribution >= 4 is 11.6 Å². The van der Waals surface area contributed by atoms with E-state index in [9.17, 15) is 4.79 Å². The van der Waals surface area contributed by atoms with Crippen LogP contribution in [0.25, 0.3) is 0 Å². The van der Waals surface area contributed by atoms with Gasteiger partial charge in [-0.1, -0.05) is 18.2 Å². The number of primary amides is 1. The topological polar surface area (TPSA) is 46.3 Å². The van der Waals surface area contributed by atoms with Crippen molar-refractivity contribution < 1.29 is 4.79 Å². The molecule has 2 rings (SSSR count). The minimum atomic E-state index is -0.202. The number of carbonyl (C=O) groups excluding carboxylic acids is 1. The molecule has 0 aliphatic carbocycles. The summed E-state index contributed by atoms with van der Waals surface area (Å²) in [6.07, 6.45) is 3.11. The largest absolute Gasteiger partial charge is 0.368 e. The van der Waals surface area contributed by atoms with Gasteiger partial charge in [-0.05, 0) is 44.2 Å². The van der Waals surface area contributed by atoms with Gasteiger partial charge in [-0.3, -0.25) is 4.79 Å². The third kappa shape index (κ3) is 2.28. The molecule has 3 heteroatoms. The Labute approximate surface area is 103 Å². The van der Waals surface area contributed by atoms with Crippen molar-refractivity contribution in [3.05, 3.63) is 29.3 Å². The quantitative estimate of drug-likeness (QED) is 0.849. The van der Waals surface area contributed by atoms with Crippen LogP contribution in [0.15, 0.2) is 18.2 Å². The van der Waals surface area contributed by atoms with Crippen molar-refractivity contribution in [1.29, 1.82) is 0 Å². The number of anilines is 1. The summed E-state index contributed by atoms with van der Waals surface area (Å²) >= 11 is 0. The summed E-state index contributed by atoms with van der Waals surface area (Å²) in [6.45, 7) is 5.11. The molecule has 1 aromatic rings. The second-order valence-corrected chi connectivity index (χ2v) is 4.85. The third-order valence-electron chi connectivity index (χ3n) is 3.56. The highest BCUT2D eigenvalue weighted by Gasteiger charge is 2.28. The molecule has 1 heterocycles. The maximum absolute atomic E-state index is 11.5. The molecule has 2 N–H and O–H groups in total. The summed E-state index contributed by atoms with van der Waals surface area (Å²) in [5, 5.41) is 0. The van der Waals surface area contributed by atoms with Gasteiger partial charge >= 0.3 is 0 Å². The molecule has 0 aromatic heterocycles. The van der Waals surface area contributed by atoms with E-state index in [4.69, 9.17) is 5.73 Å². The van der Waals surface area contributed by atoms with E-state index in [2.05, 4.69) is 36.9 Å². The number of amides is 1. The summed E-state index contributed by atoms with van der Waals surface area (Å²) in [6, 6.07) is 6.10. The van der Waals surface area contributed by atoms with Crippen LogP contribution in [0.5, 0.6) is 0 Å². The van der Waals surface area contributed by atoms with E-state index in [-0.39, 0.29) is 11.9 Å². The fourth-order valence-corrected chi connectivity index (χ4v) is 2.75. The number of para-hydroxylation sites is 1. The molecule has 1 amide bonds. The molecule has 1 atom stereocenters. The minimum Gasteiger partial charge on any atom is -0.368 e. The fourth-order valence-electron chi connectivity index (χ4n) is 2.75. The second-order valence-electron chi connectivity index (χ2n) is 4.85. The van der Waals surface area contributed by atoms with Gasteiger partial charge in [0.15, 0.2) is 0 Å². The van der Waals surface area contributed by atoms with Gasteiger partial charge in [0.2, 0.25) is 5.91 Å².